The van der Waals surface area contributed by atoms with Crippen molar-refractivity contribution in [3.8, 4) is 6.01 Å². The van der Waals surface area contributed by atoms with Crippen molar-refractivity contribution < 1.29 is 4.74 Å². The van der Waals surface area contributed by atoms with Crippen LogP contribution < -0.4 is 15.8 Å². The molecule has 1 unspecified atom stereocenters. The van der Waals surface area contributed by atoms with Gasteiger partial charge < -0.3 is 15.8 Å². The van der Waals surface area contributed by atoms with Gasteiger partial charge in [-0.3, -0.25) is 0 Å². The Morgan fingerprint density at radius 1 is 1.28 bits per heavy atom. The Hall–Kier alpha value is -1.24. The fourth-order valence-corrected chi connectivity index (χ4v) is 1.88. The van der Waals surface area contributed by atoms with Gasteiger partial charge in [0.1, 0.15) is 0 Å². The van der Waals surface area contributed by atoms with Gasteiger partial charge in [0.2, 0.25) is 11.9 Å². The zero-order valence-electron chi connectivity index (χ0n) is 11.3. The molecule has 0 amide bonds. The maximum Gasteiger partial charge on any atom is 0.323 e. The normalized spacial score (nSPS) is 12.5. The molecular weight excluding hydrogens is 250 g/mol. The van der Waals surface area contributed by atoms with Crippen molar-refractivity contribution in [1.82, 2.24) is 15.0 Å². The van der Waals surface area contributed by atoms with Crippen molar-refractivity contribution in [2.24, 2.45) is 0 Å². The first-order valence-corrected chi connectivity index (χ1v) is 7.34. The summed E-state index contributed by atoms with van der Waals surface area (Å²) in [5, 5.41) is 3.20. The summed E-state index contributed by atoms with van der Waals surface area (Å²) in [5.74, 6) is 1.72. The summed E-state index contributed by atoms with van der Waals surface area (Å²) in [6, 6.07) is 0.545. The summed E-state index contributed by atoms with van der Waals surface area (Å²) in [7, 11) is 0. The Labute approximate surface area is 112 Å². The van der Waals surface area contributed by atoms with E-state index in [1.165, 1.54) is 0 Å². The van der Waals surface area contributed by atoms with Crippen molar-refractivity contribution in [3.63, 3.8) is 0 Å². The number of rotatable bonds is 7. The molecule has 1 aromatic rings. The van der Waals surface area contributed by atoms with E-state index in [1.54, 1.807) is 0 Å². The van der Waals surface area contributed by atoms with Crippen LogP contribution in [-0.2, 0) is 0 Å². The van der Waals surface area contributed by atoms with Gasteiger partial charge in [0, 0.05) is 6.04 Å². The van der Waals surface area contributed by atoms with Crippen molar-refractivity contribution in [1.29, 1.82) is 0 Å². The van der Waals surface area contributed by atoms with Crippen molar-refractivity contribution in [2.45, 2.75) is 39.3 Å². The number of hydrogen-bond donors (Lipinski definition) is 2. The number of nitrogen functional groups attached to an aromatic ring is 1. The molecule has 1 heterocycles. The molecule has 0 saturated heterocycles. The van der Waals surface area contributed by atoms with Crippen LogP contribution in [0.15, 0.2) is 0 Å². The predicted molar refractivity (Wildman–Crippen MR) is 76.1 cm³/mol. The van der Waals surface area contributed by atoms with Gasteiger partial charge in [-0.2, -0.15) is 26.7 Å². The summed E-state index contributed by atoms with van der Waals surface area (Å²) < 4.78 is 5.41. The van der Waals surface area contributed by atoms with E-state index in [0.717, 1.165) is 12.2 Å². The lowest BCUT2D eigenvalue weighted by atomic mass is 10.3. The second-order valence-corrected chi connectivity index (χ2v) is 5.28. The molecule has 0 radical (unpaired) electrons. The first-order valence-electron chi connectivity index (χ1n) is 5.95. The zero-order chi connectivity index (χ0) is 13.5. The molecule has 0 aliphatic carbocycles. The first kappa shape index (κ1) is 14.8. The van der Waals surface area contributed by atoms with E-state index in [0.29, 0.717) is 5.95 Å². The number of aromatic nitrogens is 3. The van der Waals surface area contributed by atoms with E-state index in [2.05, 4.69) is 33.4 Å². The largest absolute Gasteiger partial charge is 0.461 e. The van der Waals surface area contributed by atoms with E-state index in [-0.39, 0.29) is 24.1 Å². The number of nitrogens with zero attached hydrogens (tertiary/aromatic N) is 3. The molecule has 0 aromatic carbocycles. The lowest BCUT2D eigenvalue weighted by molar-refractivity contribution is 0.222. The Balaban J connectivity index is 2.67. The molecule has 102 valence electrons. The topological polar surface area (TPSA) is 86.0 Å². The van der Waals surface area contributed by atoms with Crippen LogP contribution in [-0.4, -0.2) is 39.1 Å². The highest BCUT2D eigenvalue weighted by atomic mass is 32.2. The Bertz CT molecular complexity index is 374. The van der Waals surface area contributed by atoms with E-state index in [1.807, 2.05) is 25.6 Å². The van der Waals surface area contributed by atoms with Crippen LogP contribution in [0.2, 0.25) is 0 Å². The monoisotopic (exact) mass is 271 g/mol. The molecule has 3 N–H and O–H groups in total. The lowest BCUT2D eigenvalue weighted by Crippen LogP contribution is -2.19. The number of nitrogens with two attached hydrogens (primary N) is 1. The van der Waals surface area contributed by atoms with Gasteiger partial charge >= 0.3 is 6.01 Å². The van der Waals surface area contributed by atoms with E-state index in [9.17, 15) is 0 Å². The maximum atomic E-state index is 5.62. The molecule has 0 spiro atoms. The van der Waals surface area contributed by atoms with Crippen molar-refractivity contribution in [3.05, 3.63) is 0 Å². The minimum Gasteiger partial charge on any atom is -0.461 e. The summed E-state index contributed by atoms with van der Waals surface area (Å²) in [6.07, 6.45) is 3.13. The number of hydrogen-bond acceptors (Lipinski definition) is 7. The zero-order valence-corrected chi connectivity index (χ0v) is 12.1. The summed E-state index contributed by atoms with van der Waals surface area (Å²) in [5.41, 5.74) is 5.62. The Morgan fingerprint density at radius 3 is 2.61 bits per heavy atom. The van der Waals surface area contributed by atoms with Crippen LogP contribution >= 0.6 is 11.8 Å². The number of anilines is 2. The van der Waals surface area contributed by atoms with Crippen LogP contribution in [0.1, 0.15) is 27.2 Å². The van der Waals surface area contributed by atoms with Gasteiger partial charge in [-0.15, -0.1) is 0 Å². The van der Waals surface area contributed by atoms with Crippen molar-refractivity contribution in [2.75, 3.05) is 23.1 Å². The summed E-state index contributed by atoms with van der Waals surface area (Å²) >= 11 is 1.81. The second kappa shape index (κ2) is 7.25. The first-order chi connectivity index (χ1) is 8.51. The minimum absolute atomic E-state index is 0.00793. The molecule has 7 heteroatoms. The van der Waals surface area contributed by atoms with Crippen LogP contribution in [0, 0.1) is 0 Å². The third kappa shape index (κ3) is 5.39. The molecule has 0 bridgehead atoms. The number of ether oxygens (including phenoxy) is 1. The van der Waals surface area contributed by atoms with Gasteiger partial charge in [-0.25, -0.2) is 0 Å². The third-order valence-corrected chi connectivity index (χ3v) is 2.75. The van der Waals surface area contributed by atoms with Gasteiger partial charge in [0.05, 0.1) is 6.10 Å². The van der Waals surface area contributed by atoms with Gasteiger partial charge in [-0.1, -0.05) is 0 Å². The average molecular weight is 271 g/mol. The van der Waals surface area contributed by atoms with E-state index in [4.69, 9.17) is 10.5 Å². The molecular formula is C11H21N5OS. The fourth-order valence-electron chi connectivity index (χ4n) is 1.29. The highest BCUT2D eigenvalue weighted by molar-refractivity contribution is 7.98. The molecule has 1 rings (SSSR count). The predicted octanol–water partition coefficient (Wildman–Crippen LogP) is 1.79. The minimum atomic E-state index is 0.00793. The van der Waals surface area contributed by atoms with Crippen molar-refractivity contribution >= 4 is 23.7 Å². The lowest BCUT2D eigenvalue weighted by Gasteiger charge is -2.14. The molecule has 1 aromatic heterocycles. The maximum absolute atomic E-state index is 5.62. The van der Waals surface area contributed by atoms with Gasteiger partial charge in [-0.05, 0) is 39.2 Å². The molecule has 0 aliphatic heterocycles. The van der Waals surface area contributed by atoms with Crippen LogP contribution in [0.5, 0.6) is 6.01 Å². The second-order valence-electron chi connectivity index (χ2n) is 4.29. The third-order valence-electron chi connectivity index (χ3n) is 2.10. The molecule has 0 fully saturated rings. The number of nitrogens with one attached hydrogen (secondary N) is 1. The van der Waals surface area contributed by atoms with E-state index >= 15 is 0 Å². The standard InChI is InChI=1S/C11H21N5OS/c1-7(2)17-11-15-9(12)14-10(16-11)13-8(3)5-6-18-4/h7-8H,5-6H2,1-4H3,(H3,12,13,14,15,16). The summed E-state index contributed by atoms with van der Waals surface area (Å²) in [4.78, 5) is 12.2. The summed E-state index contributed by atoms with van der Waals surface area (Å²) in [6.45, 7) is 5.90. The Morgan fingerprint density at radius 2 is 2.00 bits per heavy atom. The van der Waals surface area contributed by atoms with E-state index < -0.39 is 0 Å². The molecule has 0 aliphatic rings. The van der Waals surface area contributed by atoms with Crippen LogP contribution in [0.3, 0.4) is 0 Å². The quantitative estimate of drug-likeness (QED) is 0.782. The highest BCUT2D eigenvalue weighted by Gasteiger charge is 2.09. The SMILES string of the molecule is CSCCC(C)Nc1nc(N)nc(OC(C)C)n1. The fraction of sp³-hybridized carbons (Fsp3) is 0.727. The number of thioether (sulfide) groups is 1. The molecule has 1 atom stereocenters. The molecule has 6 nitrogen and oxygen atoms in total. The Kier molecular flexibility index (Phi) is 5.97. The van der Waals surface area contributed by atoms with Crippen LogP contribution in [0.25, 0.3) is 0 Å². The smallest absolute Gasteiger partial charge is 0.323 e. The molecule has 18 heavy (non-hydrogen) atoms. The van der Waals surface area contributed by atoms with Gasteiger partial charge in [0.25, 0.3) is 0 Å². The van der Waals surface area contributed by atoms with Crippen LogP contribution in [0.4, 0.5) is 11.9 Å². The average Bonchev–Trinajstić information content (AvgIpc) is 2.24. The molecule has 0 saturated carbocycles. The highest BCUT2D eigenvalue weighted by Crippen LogP contribution is 2.12. The van der Waals surface area contributed by atoms with Gasteiger partial charge in [0.15, 0.2) is 0 Å².